The lowest BCUT2D eigenvalue weighted by atomic mass is 10.2. The molecule has 128 valence electrons. The molecule has 4 nitrogen and oxygen atoms in total. The molecule has 0 saturated heterocycles. The average Bonchev–Trinajstić information content (AvgIpc) is 2.81. The van der Waals surface area contributed by atoms with E-state index in [1.165, 1.54) is 12.3 Å². The van der Waals surface area contributed by atoms with Gasteiger partial charge in [0.15, 0.2) is 5.65 Å². The van der Waals surface area contributed by atoms with Crippen LogP contribution in [0.25, 0.3) is 5.65 Å². The summed E-state index contributed by atoms with van der Waals surface area (Å²) in [5.74, 6) is -2.93. The Bertz CT molecular complexity index is 749. The second-order valence-electron chi connectivity index (χ2n) is 6.58. The summed E-state index contributed by atoms with van der Waals surface area (Å²) in [6, 6.07) is 1.10. The zero-order valence-electron chi connectivity index (χ0n) is 13.7. The molecule has 0 aliphatic carbocycles. The minimum atomic E-state index is -2.93. The third-order valence-corrected chi connectivity index (χ3v) is 5.58. The Hall–Kier alpha value is -0.860. The quantitative estimate of drug-likeness (QED) is 0.819. The normalized spacial score (nSPS) is 15.8. The van der Waals surface area contributed by atoms with Crippen molar-refractivity contribution in [2.75, 3.05) is 0 Å². The first kappa shape index (κ1) is 18.5. The highest BCUT2D eigenvalue weighted by molar-refractivity contribution is 9.10. The van der Waals surface area contributed by atoms with Gasteiger partial charge in [-0.3, -0.25) is 0 Å². The van der Waals surface area contributed by atoms with Gasteiger partial charge in [0.1, 0.15) is 0 Å². The molecule has 2 heterocycles. The third-order valence-electron chi connectivity index (χ3n) is 3.32. The third kappa shape index (κ3) is 4.16. The van der Waals surface area contributed by atoms with E-state index in [0.29, 0.717) is 15.8 Å². The highest BCUT2D eigenvalue weighted by Gasteiger charge is 2.27. The van der Waals surface area contributed by atoms with E-state index in [9.17, 15) is 13.0 Å². The summed E-state index contributed by atoms with van der Waals surface area (Å²) < 4.78 is 43.9. The van der Waals surface area contributed by atoms with Gasteiger partial charge in [-0.2, -0.15) is 0 Å². The maximum Gasteiger partial charge on any atom is 0.271 e. The van der Waals surface area contributed by atoms with Gasteiger partial charge in [-0.25, -0.2) is 22.7 Å². The predicted molar refractivity (Wildman–Crippen MR) is 91.9 cm³/mol. The van der Waals surface area contributed by atoms with Crippen molar-refractivity contribution in [2.45, 2.75) is 51.3 Å². The van der Waals surface area contributed by atoms with E-state index in [2.05, 4.69) is 25.6 Å². The molecule has 2 rings (SSSR count). The molecule has 23 heavy (non-hydrogen) atoms. The molecule has 8 heteroatoms. The first-order valence-electron chi connectivity index (χ1n) is 7.14. The highest BCUT2D eigenvalue weighted by atomic mass is 79.9. The molecule has 2 atom stereocenters. The van der Waals surface area contributed by atoms with E-state index in [1.54, 1.807) is 10.6 Å². The number of imidazole rings is 1. The fraction of sp³-hybridized carbons (Fsp3) is 0.533. The summed E-state index contributed by atoms with van der Waals surface area (Å²) in [4.78, 5) is 4.44. The maximum atomic E-state index is 13.5. The lowest BCUT2D eigenvalue weighted by molar-refractivity contribution is 0.0170. The van der Waals surface area contributed by atoms with Gasteiger partial charge >= 0.3 is 0 Å². The number of aromatic nitrogens is 2. The molecular weight excluding hydrogens is 388 g/mol. The molecule has 0 unspecified atom stereocenters. The first-order valence-corrected chi connectivity index (χ1v) is 9.08. The number of nitrogens with one attached hydrogen (secondary N) is 1. The zero-order chi connectivity index (χ0) is 17.6. The van der Waals surface area contributed by atoms with Crippen LogP contribution in [0.5, 0.6) is 0 Å². The Morgan fingerprint density at radius 1 is 1.30 bits per heavy atom. The van der Waals surface area contributed by atoms with Gasteiger partial charge in [-0.05, 0) is 49.7 Å². The average molecular weight is 408 g/mol. The fourth-order valence-electron chi connectivity index (χ4n) is 1.92. The number of pyridine rings is 1. The fourth-order valence-corrected chi connectivity index (χ4v) is 3.26. The monoisotopic (exact) mass is 407 g/mol. The van der Waals surface area contributed by atoms with Crippen LogP contribution >= 0.6 is 15.9 Å². The molecule has 0 aromatic carbocycles. The van der Waals surface area contributed by atoms with Gasteiger partial charge in [0.05, 0.1) is 31.9 Å². The molecule has 0 aliphatic rings. The van der Waals surface area contributed by atoms with Crippen LogP contribution in [0.2, 0.25) is 0 Å². The number of rotatable bonds is 4. The summed E-state index contributed by atoms with van der Waals surface area (Å²) in [6.07, 6.45) is 3.04. The summed E-state index contributed by atoms with van der Waals surface area (Å²) in [5, 5.41) is 0. The minimum Gasteiger partial charge on any atom is -0.305 e. The maximum absolute atomic E-state index is 13.5. The molecule has 0 bridgehead atoms. The van der Waals surface area contributed by atoms with Gasteiger partial charge < -0.3 is 4.40 Å². The van der Waals surface area contributed by atoms with Crippen LogP contribution in [-0.4, -0.2) is 18.3 Å². The Kier molecular flexibility index (Phi) is 4.99. The molecule has 0 saturated carbocycles. The van der Waals surface area contributed by atoms with E-state index in [4.69, 9.17) is 0 Å². The van der Waals surface area contributed by atoms with Crippen LogP contribution in [0.3, 0.4) is 0 Å². The van der Waals surface area contributed by atoms with E-state index in [-0.39, 0.29) is 11.6 Å². The molecule has 0 spiro atoms. The standard InChI is InChI=1S/C15H20BrF2N3OS/c1-9(20-23(22)14(2,3)4)12-8-21-7-10(15(5,17)18)6-11(16)13(21)19-12/h6-9,20H,1-5H3/t9-,23-/m1/s1. The summed E-state index contributed by atoms with van der Waals surface area (Å²) in [6.45, 7) is 8.32. The topological polar surface area (TPSA) is 46.4 Å². The number of fused-ring (bicyclic) bond motifs is 1. The molecule has 0 radical (unpaired) electrons. The predicted octanol–water partition coefficient (Wildman–Crippen LogP) is 4.32. The van der Waals surface area contributed by atoms with E-state index >= 15 is 0 Å². The highest BCUT2D eigenvalue weighted by Crippen LogP contribution is 2.31. The van der Waals surface area contributed by atoms with Crippen molar-refractivity contribution in [3.8, 4) is 0 Å². The molecular formula is C15H20BrF2N3OS. The second kappa shape index (κ2) is 6.22. The number of hydrogen-bond acceptors (Lipinski definition) is 2. The summed E-state index contributed by atoms with van der Waals surface area (Å²) in [5.41, 5.74) is 1.09. The molecule has 2 aromatic heterocycles. The van der Waals surface area contributed by atoms with Crippen LogP contribution in [0.4, 0.5) is 8.78 Å². The van der Waals surface area contributed by atoms with Crippen molar-refractivity contribution >= 4 is 32.6 Å². The van der Waals surface area contributed by atoms with Crippen LogP contribution in [-0.2, 0) is 16.9 Å². The lowest BCUT2D eigenvalue weighted by Gasteiger charge is -2.20. The van der Waals surface area contributed by atoms with Crippen molar-refractivity contribution in [1.29, 1.82) is 0 Å². The Morgan fingerprint density at radius 3 is 2.43 bits per heavy atom. The molecule has 2 aromatic rings. The van der Waals surface area contributed by atoms with Gasteiger partial charge in [-0.1, -0.05) is 0 Å². The first-order chi connectivity index (χ1) is 10.4. The summed E-state index contributed by atoms with van der Waals surface area (Å²) in [7, 11) is -1.24. The van der Waals surface area contributed by atoms with Crippen molar-refractivity contribution in [3.05, 3.63) is 34.2 Å². The van der Waals surface area contributed by atoms with Crippen LogP contribution in [0.1, 0.15) is 51.9 Å². The van der Waals surface area contributed by atoms with Gasteiger partial charge in [0.2, 0.25) is 0 Å². The molecule has 0 fully saturated rings. The van der Waals surface area contributed by atoms with Crippen molar-refractivity contribution < 1.29 is 13.0 Å². The molecule has 0 aliphatic heterocycles. The van der Waals surface area contributed by atoms with Crippen molar-refractivity contribution in [2.24, 2.45) is 0 Å². The van der Waals surface area contributed by atoms with Crippen LogP contribution in [0.15, 0.2) is 22.9 Å². The van der Waals surface area contributed by atoms with Crippen molar-refractivity contribution in [3.63, 3.8) is 0 Å². The van der Waals surface area contributed by atoms with E-state index in [0.717, 1.165) is 6.92 Å². The smallest absolute Gasteiger partial charge is 0.271 e. The summed E-state index contributed by atoms with van der Waals surface area (Å²) >= 11 is 3.29. The Balaban J connectivity index is 2.37. The number of hydrogen-bond donors (Lipinski definition) is 1. The largest absolute Gasteiger partial charge is 0.305 e. The van der Waals surface area contributed by atoms with E-state index < -0.39 is 21.7 Å². The van der Waals surface area contributed by atoms with Crippen LogP contribution < -0.4 is 4.72 Å². The van der Waals surface area contributed by atoms with Crippen molar-refractivity contribution in [1.82, 2.24) is 14.1 Å². The van der Waals surface area contributed by atoms with Crippen LogP contribution in [0, 0.1) is 0 Å². The molecule has 1 N–H and O–H groups in total. The number of alkyl halides is 2. The number of halogens is 3. The second-order valence-corrected chi connectivity index (χ2v) is 9.43. The SMILES string of the molecule is C[C@@H](N[S@](=O)C(C)(C)C)c1cn2cc(C(C)(F)F)cc(Br)c2n1. The number of nitrogens with zero attached hydrogens (tertiary/aromatic N) is 2. The lowest BCUT2D eigenvalue weighted by Crippen LogP contribution is -2.34. The van der Waals surface area contributed by atoms with Gasteiger partial charge in [0, 0.05) is 24.9 Å². The molecule has 0 amide bonds. The van der Waals surface area contributed by atoms with E-state index in [1.807, 2.05) is 27.7 Å². The zero-order valence-corrected chi connectivity index (χ0v) is 16.1. The van der Waals surface area contributed by atoms with Gasteiger partial charge in [-0.15, -0.1) is 0 Å². The Labute approximate surface area is 145 Å². The minimum absolute atomic E-state index is 0.0975. The Morgan fingerprint density at radius 2 is 1.91 bits per heavy atom. The van der Waals surface area contributed by atoms with Gasteiger partial charge in [0.25, 0.3) is 5.92 Å².